The lowest BCUT2D eigenvalue weighted by Gasteiger charge is -2.14. The van der Waals surface area contributed by atoms with Crippen molar-refractivity contribution in [2.45, 2.75) is 38.1 Å². The first-order valence-electron chi connectivity index (χ1n) is 8.18. The second-order valence-corrected chi connectivity index (χ2v) is 6.18. The normalized spacial score (nSPS) is 20.3. The number of aromatic nitrogens is 2. The molecular weight excluding hydrogens is 349 g/mol. The number of amides is 1. The largest absolute Gasteiger partial charge is 0.416 e. The second-order valence-electron chi connectivity index (χ2n) is 6.18. The molecule has 9 heteroatoms. The number of nitrogens with zero attached hydrogens (tertiary/aromatic N) is 2. The van der Waals surface area contributed by atoms with E-state index in [4.69, 9.17) is 10.5 Å². The van der Waals surface area contributed by atoms with E-state index in [1.54, 1.807) is 13.0 Å². The summed E-state index contributed by atoms with van der Waals surface area (Å²) in [6.45, 7) is 2.03. The number of halogens is 3. The van der Waals surface area contributed by atoms with Crippen LogP contribution in [0.4, 0.5) is 19.0 Å². The predicted molar refractivity (Wildman–Crippen MR) is 88.9 cm³/mol. The van der Waals surface area contributed by atoms with Crippen LogP contribution in [0.15, 0.2) is 30.3 Å². The van der Waals surface area contributed by atoms with E-state index in [-0.39, 0.29) is 23.5 Å². The van der Waals surface area contributed by atoms with E-state index in [1.165, 1.54) is 16.8 Å². The third-order valence-electron chi connectivity index (χ3n) is 4.16. The van der Waals surface area contributed by atoms with Crippen molar-refractivity contribution >= 4 is 11.7 Å². The van der Waals surface area contributed by atoms with E-state index in [9.17, 15) is 18.0 Å². The van der Waals surface area contributed by atoms with Crippen LogP contribution in [0.1, 0.15) is 24.1 Å². The summed E-state index contributed by atoms with van der Waals surface area (Å²) in [6, 6.07) is 6.35. The third-order valence-corrected chi connectivity index (χ3v) is 4.16. The van der Waals surface area contributed by atoms with Gasteiger partial charge in [0.25, 0.3) is 5.91 Å². The van der Waals surface area contributed by atoms with Crippen molar-refractivity contribution in [2.75, 3.05) is 11.9 Å². The van der Waals surface area contributed by atoms with Gasteiger partial charge in [0.2, 0.25) is 0 Å². The zero-order valence-corrected chi connectivity index (χ0v) is 14.1. The Morgan fingerprint density at radius 1 is 1.38 bits per heavy atom. The lowest BCUT2D eigenvalue weighted by molar-refractivity contribution is -0.137. The number of carbonyl (C=O) groups excluding carboxylic acids is 1. The van der Waals surface area contributed by atoms with Gasteiger partial charge < -0.3 is 15.8 Å². The quantitative estimate of drug-likeness (QED) is 0.869. The number of benzene rings is 1. The number of nitrogens with one attached hydrogen (secondary N) is 1. The van der Waals surface area contributed by atoms with Crippen LogP contribution in [0.3, 0.4) is 0 Å². The van der Waals surface area contributed by atoms with Crippen molar-refractivity contribution in [3.05, 3.63) is 41.6 Å². The van der Waals surface area contributed by atoms with Gasteiger partial charge in [0, 0.05) is 12.6 Å². The van der Waals surface area contributed by atoms with Crippen LogP contribution in [0, 0.1) is 6.92 Å². The van der Waals surface area contributed by atoms with Crippen LogP contribution in [-0.2, 0) is 15.7 Å². The number of aryl methyl sites for hydroxylation is 1. The highest BCUT2D eigenvalue weighted by molar-refractivity contribution is 5.94. The number of hydrogen-bond donors (Lipinski definition) is 2. The molecule has 3 N–H and O–H groups in total. The summed E-state index contributed by atoms with van der Waals surface area (Å²) in [4.78, 5) is 12.4. The topological polar surface area (TPSA) is 82.2 Å². The summed E-state index contributed by atoms with van der Waals surface area (Å²) in [5.74, 6) is -0.0827. The van der Waals surface area contributed by atoms with Crippen molar-refractivity contribution < 1.29 is 22.7 Å². The fourth-order valence-electron chi connectivity index (χ4n) is 2.88. The molecule has 2 aromatic rings. The van der Waals surface area contributed by atoms with Crippen LogP contribution in [0.25, 0.3) is 5.69 Å². The Balaban J connectivity index is 1.84. The van der Waals surface area contributed by atoms with Crippen molar-refractivity contribution in [1.29, 1.82) is 0 Å². The maximum Gasteiger partial charge on any atom is 0.416 e. The second kappa shape index (κ2) is 7.08. The minimum atomic E-state index is -4.46. The molecule has 3 rings (SSSR count). The molecule has 2 heterocycles. The Morgan fingerprint density at radius 2 is 2.15 bits per heavy atom. The Kier molecular flexibility index (Phi) is 5.01. The van der Waals surface area contributed by atoms with E-state index < -0.39 is 17.8 Å². The molecule has 1 aliphatic heterocycles. The molecule has 26 heavy (non-hydrogen) atoms. The zero-order chi connectivity index (χ0) is 18.9. The first-order chi connectivity index (χ1) is 12.3. The van der Waals surface area contributed by atoms with Gasteiger partial charge in [-0.2, -0.15) is 18.3 Å². The summed E-state index contributed by atoms with van der Waals surface area (Å²) in [5, 5.41) is 6.88. The van der Waals surface area contributed by atoms with Gasteiger partial charge >= 0.3 is 6.18 Å². The minimum Gasteiger partial charge on any atom is -0.364 e. The third kappa shape index (κ3) is 3.88. The molecule has 0 bridgehead atoms. The van der Waals surface area contributed by atoms with Crippen LogP contribution in [0.2, 0.25) is 0 Å². The zero-order valence-electron chi connectivity index (χ0n) is 14.1. The average Bonchev–Trinajstić information content (AvgIpc) is 3.21. The van der Waals surface area contributed by atoms with Gasteiger partial charge in [-0.05, 0) is 38.0 Å². The van der Waals surface area contributed by atoms with E-state index >= 15 is 0 Å². The number of anilines is 1. The fraction of sp³-hybridized carbons (Fsp3) is 0.412. The van der Waals surface area contributed by atoms with E-state index in [0.717, 1.165) is 12.1 Å². The highest BCUT2D eigenvalue weighted by Crippen LogP contribution is 2.31. The number of rotatable bonds is 4. The van der Waals surface area contributed by atoms with Crippen molar-refractivity contribution in [2.24, 2.45) is 5.73 Å². The average molecular weight is 368 g/mol. The Morgan fingerprint density at radius 3 is 2.81 bits per heavy atom. The van der Waals surface area contributed by atoms with Crippen LogP contribution in [-0.4, -0.2) is 34.4 Å². The monoisotopic (exact) mass is 368 g/mol. The summed E-state index contributed by atoms with van der Waals surface area (Å²) >= 11 is 0. The Bertz CT molecular complexity index is 804. The molecule has 0 aliphatic carbocycles. The molecule has 1 aromatic carbocycles. The molecular formula is C17H19F3N4O2. The minimum absolute atomic E-state index is 0.152. The molecule has 1 aromatic heterocycles. The lowest BCUT2D eigenvalue weighted by atomic mass is 10.2. The number of alkyl halides is 3. The Labute approximate surface area is 148 Å². The van der Waals surface area contributed by atoms with Gasteiger partial charge in [-0.3, -0.25) is 4.79 Å². The molecule has 1 amide bonds. The van der Waals surface area contributed by atoms with Crippen LogP contribution in [0.5, 0.6) is 0 Å². The van der Waals surface area contributed by atoms with E-state index in [2.05, 4.69) is 10.4 Å². The van der Waals surface area contributed by atoms with Gasteiger partial charge in [0.15, 0.2) is 0 Å². The number of hydrogen-bond acceptors (Lipinski definition) is 4. The molecule has 0 saturated carbocycles. The molecule has 1 fully saturated rings. The molecule has 2 atom stereocenters. The number of carbonyl (C=O) groups is 1. The van der Waals surface area contributed by atoms with Gasteiger partial charge in [0.05, 0.1) is 23.0 Å². The Hall–Kier alpha value is -2.39. The summed E-state index contributed by atoms with van der Waals surface area (Å²) < 4.78 is 45.7. The number of nitrogens with two attached hydrogens (primary N) is 1. The standard InChI is InChI=1S/C17H19F3N4O2/c1-10-7-15(22-16(25)14-6-5-13(9-21)26-14)24(23-10)12-4-2-3-11(8-12)17(18,19)20/h2-4,7-8,13-14H,5-6,9,21H2,1H3,(H,22,25)/t13-,14+/m1/s1. The highest BCUT2D eigenvalue weighted by Gasteiger charge is 2.32. The lowest BCUT2D eigenvalue weighted by Crippen LogP contribution is -2.30. The SMILES string of the molecule is Cc1cc(NC(=O)[C@@H]2CC[C@H](CN)O2)n(-c2cccc(C(F)(F)F)c2)n1. The van der Waals surface area contributed by atoms with Crippen molar-refractivity contribution in [3.63, 3.8) is 0 Å². The van der Waals surface area contributed by atoms with Gasteiger partial charge in [-0.25, -0.2) is 4.68 Å². The molecule has 0 spiro atoms. The van der Waals surface area contributed by atoms with Gasteiger partial charge in [0.1, 0.15) is 11.9 Å². The molecule has 0 unspecified atom stereocenters. The van der Waals surface area contributed by atoms with Crippen LogP contribution < -0.4 is 11.1 Å². The highest BCUT2D eigenvalue weighted by atomic mass is 19.4. The molecule has 1 saturated heterocycles. The first kappa shape index (κ1) is 18.4. The summed E-state index contributed by atoms with van der Waals surface area (Å²) in [7, 11) is 0. The summed E-state index contributed by atoms with van der Waals surface area (Å²) in [6.07, 6.45) is -4.00. The predicted octanol–water partition coefficient (Wildman–Crippen LogP) is 2.64. The first-order valence-corrected chi connectivity index (χ1v) is 8.18. The number of ether oxygens (including phenoxy) is 1. The molecule has 0 radical (unpaired) electrons. The van der Waals surface area contributed by atoms with E-state index in [0.29, 0.717) is 25.1 Å². The van der Waals surface area contributed by atoms with Gasteiger partial charge in [-0.1, -0.05) is 6.07 Å². The maximum absolute atomic E-state index is 12.9. The smallest absolute Gasteiger partial charge is 0.364 e. The van der Waals surface area contributed by atoms with Crippen molar-refractivity contribution in [1.82, 2.24) is 9.78 Å². The summed E-state index contributed by atoms with van der Waals surface area (Å²) in [5.41, 5.74) is 5.52. The van der Waals surface area contributed by atoms with E-state index in [1.807, 2.05) is 0 Å². The van der Waals surface area contributed by atoms with Crippen molar-refractivity contribution in [3.8, 4) is 5.69 Å². The molecule has 1 aliphatic rings. The molecule has 6 nitrogen and oxygen atoms in total. The van der Waals surface area contributed by atoms with Gasteiger partial charge in [-0.15, -0.1) is 0 Å². The maximum atomic E-state index is 12.9. The molecule has 140 valence electrons. The fourth-order valence-corrected chi connectivity index (χ4v) is 2.88. The van der Waals surface area contributed by atoms with Crippen LogP contribution >= 0.6 is 0 Å².